The van der Waals surface area contributed by atoms with Gasteiger partial charge in [0.05, 0.1) is 11.7 Å². The molecule has 0 atom stereocenters. The van der Waals surface area contributed by atoms with Gasteiger partial charge in [0, 0.05) is 29.4 Å². The predicted octanol–water partition coefficient (Wildman–Crippen LogP) is 3.92. The molecule has 23 heavy (non-hydrogen) atoms. The van der Waals surface area contributed by atoms with Crippen LogP contribution in [0.4, 0.5) is 0 Å². The summed E-state index contributed by atoms with van der Waals surface area (Å²) in [7, 11) is 1.75. The first-order valence-electron chi connectivity index (χ1n) is 7.16. The van der Waals surface area contributed by atoms with E-state index in [0.717, 1.165) is 33.4 Å². The van der Waals surface area contributed by atoms with E-state index in [9.17, 15) is 4.79 Å². The monoisotopic (exact) mass is 319 g/mol. The van der Waals surface area contributed by atoms with Gasteiger partial charge in [0.1, 0.15) is 11.0 Å². The molecular weight excluding hydrogens is 306 g/mol. The van der Waals surface area contributed by atoms with Crippen molar-refractivity contribution in [3.63, 3.8) is 0 Å². The van der Waals surface area contributed by atoms with E-state index >= 15 is 0 Å². The van der Waals surface area contributed by atoms with Crippen LogP contribution in [0.15, 0.2) is 43.0 Å². The van der Waals surface area contributed by atoms with Crippen LogP contribution in [0.5, 0.6) is 0 Å². The van der Waals surface area contributed by atoms with Gasteiger partial charge in [0.25, 0.3) is 5.91 Å². The van der Waals surface area contributed by atoms with Crippen LogP contribution in [-0.4, -0.2) is 26.6 Å². The van der Waals surface area contributed by atoms with E-state index in [0.29, 0.717) is 5.56 Å². The minimum atomic E-state index is -0.00828. The van der Waals surface area contributed by atoms with E-state index in [1.165, 1.54) is 11.7 Å². The van der Waals surface area contributed by atoms with Crippen molar-refractivity contribution >= 4 is 46.5 Å². The van der Waals surface area contributed by atoms with Crippen molar-refractivity contribution in [1.29, 1.82) is 0 Å². The largest absolute Gasteiger partial charge is 0.311 e. The second kappa shape index (κ2) is 5.14. The normalized spacial score (nSPS) is 14.2. The SMILES string of the molecule is C=C1c2ccc(/C=C/c3cccc4nsnc34)cc2C(=O)N1C. The van der Waals surface area contributed by atoms with Gasteiger partial charge >= 0.3 is 0 Å². The Kier molecular flexibility index (Phi) is 3.09. The summed E-state index contributed by atoms with van der Waals surface area (Å²) in [5, 5.41) is 0. The first-order chi connectivity index (χ1) is 11.1. The first-order valence-corrected chi connectivity index (χ1v) is 7.89. The van der Waals surface area contributed by atoms with Crippen LogP contribution in [0.2, 0.25) is 0 Å². The zero-order valence-electron chi connectivity index (χ0n) is 12.5. The molecule has 5 heteroatoms. The second-order valence-corrected chi connectivity index (χ2v) is 5.96. The van der Waals surface area contributed by atoms with Crippen LogP contribution in [0.25, 0.3) is 28.9 Å². The maximum Gasteiger partial charge on any atom is 0.258 e. The highest BCUT2D eigenvalue weighted by Crippen LogP contribution is 2.31. The van der Waals surface area contributed by atoms with Gasteiger partial charge < -0.3 is 4.90 Å². The third-order valence-electron chi connectivity index (χ3n) is 4.07. The molecule has 4 rings (SSSR count). The molecule has 1 amide bonds. The Morgan fingerprint density at radius 3 is 2.87 bits per heavy atom. The Labute approximate surface area is 137 Å². The molecule has 1 aliphatic rings. The van der Waals surface area contributed by atoms with E-state index < -0.39 is 0 Å². The molecule has 112 valence electrons. The summed E-state index contributed by atoms with van der Waals surface area (Å²) < 4.78 is 8.57. The Morgan fingerprint density at radius 1 is 1.13 bits per heavy atom. The zero-order chi connectivity index (χ0) is 16.0. The fourth-order valence-corrected chi connectivity index (χ4v) is 3.28. The maximum absolute atomic E-state index is 12.2. The quantitative estimate of drug-likeness (QED) is 0.673. The lowest BCUT2D eigenvalue weighted by Crippen LogP contribution is -2.16. The number of carbonyl (C=O) groups excluding carboxylic acids is 1. The number of amides is 1. The smallest absolute Gasteiger partial charge is 0.258 e. The van der Waals surface area contributed by atoms with Crippen LogP contribution in [0.3, 0.4) is 0 Å². The molecule has 2 aromatic carbocycles. The molecule has 4 nitrogen and oxygen atoms in total. The lowest BCUT2D eigenvalue weighted by Gasteiger charge is -2.07. The highest BCUT2D eigenvalue weighted by Gasteiger charge is 2.27. The van der Waals surface area contributed by atoms with Gasteiger partial charge in [-0.3, -0.25) is 4.79 Å². The van der Waals surface area contributed by atoms with Gasteiger partial charge in [-0.15, -0.1) is 0 Å². The van der Waals surface area contributed by atoms with E-state index in [4.69, 9.17) is 0 Å². The lowest BCUT2D eigenvalue weighted by molar-refractivity contribution is 0.0875. The molecule has 0 bridgehead atoms. The second-order valence-electron chi connectivity index (χ2n) is 5.43. The number of rotatable bonds is 2. The third-order valence-corrected chi connectivity index (χ3v) is 4.61. The summed E-state index contributed by atoms with van der Waals surface area (Å²) in [5.41, 5.74) is 6.15. The standard InChI is InChI=1S/C18H13N3OS/c1-11-14-9-7-12(10-15(14)18(22)21(11)2)6-8-13-4-3-5-16-17(13)20-23-19-16/h3-10H,1H2,2H3/b8-6+. The van der Waals surface area contributed by atoms with Crippen molar-refractivity contribution in [3.05, 3.63) is 65.2 Å². The van der Waals surface area contributed by atoms with E-state index in [2.05, 4.69) is 15.3 Å². The van der Waals surface area contributed by atoms with Gasteiger partial charge in [0.15, 0.2) is 0 Å². The van der Waals surface area contributed by atoms with Crippen LogP contribution in [0, 0.1) is 0 Å². The molecule has 0 aliphatic carbocycles. The zero-order valence-corrected chi connectivity index (χ0v) is 13.3. The highest BCUT2D eigenvalue weighted by atomic mass is 32.1. The van der Waals surface area contributed by atoms with Gasteiger partial charge in [0.2, 0.25) is 0 Å². The summed E-state index contributed by atoms with van der Waals surface area (Å²) in [5.74, 6) is -0.00828. The predicted molar refractivity (Wildman–Crippen MR) is 93.9 cm³/mol. The van der Waals surface area contributed by atoms with Crippen LogP contribution in [0.1, 0.15) is 27.0 Å². The first kappa shape index (κ1) is 13.8. The fraction of sp³-hybridized carbons (Fsp3) is 0.0556. The van der Waals surface area contributed by atoms with Crippen molar-refractivity contribution in [2.75, 3.05) is 7.05 Å². The van der Waals surface area contributed by atoms with E-state index in [1.54, 1.807) is 11.9 Å². The number of benzene rings is 2. The van der Waals surface area contributed by atoms with Crippen molar-refractivity contribution in [3.8, 4) is 0 Å². The molecule has 0 saturated heterocycles. The number of nitrogens with zero attached hydrogens (tertiary/aromatic N) is 3. The van der Waals surface area contributed by atoms with Gasteiger partial charge in [-0.05, 0) is 17.7 Å². The van der Waals surface area contributed by atoms with Crippen molar-refractivity contribution in [2.45, 2.75) is 0 Å². The number of hydrogen-bond acceptors (Lipinski definition) is 4. The molecule has 0 saturated carbocycles. The van der Waals surface area contributed by atoms with Crippen LogP contribution < -0.4 is 0 Å². The minimum Gasteiger partial charge on any atom is -0.311 e. The van der Waals surface area contributed by atoms with Crippen LogP contribution in [-0.2, 0) is 0 Å². The maximum atomic E-state index is 12.2. The van der Waals surface area contributed by atoms with Crippen molar-refractivity contribution in [2.24, 2.45) is 0 Å². The topological polar surface area (TPSA) is 46.1 Å². The lowest BCUT2D eigenvalue weighted by atomic mass is 10.0. The number of fused-ring (bicyclic) bond motifs is 2. The average Bonchev–Trinajstić information content (AvgIpc) is 3.13. The minimum absolute atomic E-state index is 0.00828. The summed E-state index contributed by atoms with van der Waals surface area (Å²) in [4.78, 5) is 13.8. The van der Waals surface area contributed by atoms with Crippen molar-refractivity contribution in [1.82, 2.24) is 13.6 Å². The summed E-state index contributed by atoms with van der Waals surface area (Å²) >= 11 is 1.21. The Bertz CT molecular complexity index is 987. The molecule has 1 aliphatic heterocycles. The molecule has 0 radical (unpaired) electrons. The average molecular weight is 319 g/mol. The van der Waals surface area contributed by atoms with Gasteiger partial charge in [-0.1, -0.05) is 43.0 Å². The third kappa shape index (κ3) is 2.17. The van der Waals surface area contributed by atoms with E-state index in [1.807, 2.05) is 48.6 Å². The van der Waals surface area contributed by atoms with Gasteiger partial charge in [-0.2, -0.15) is 8.75 Å². The Hall–Kier alpha value is -2.79. The molecule has 3 aromatic rings. The molecule has 0 N–H and O–H groups in total. The number of hydrogen-bond donors (Lipinski definition) is 0. The highest BCUT2D eigenvalue weighted by molar-refractivity contribution is 7.00. The molecular formula is C18H13N3OS. The molecule has 1 aromatic heterocycles. The summed E-state index contributed by atoms with van der Waals surface area (Å²) in [6.07, 6.45) is 3.99. The van der Waals surface area contributed by atoms with Crippen LogP contribution >= 0.6 is 11.7 Å². The summed E-state index contributed by atoms with van der Waals surface area (Å²) in [6, 6.07) is 11.8. The molecule has 0 unspecified atom stereocenters. The van der Waals surface area contributed by atoms with E-state index in [-0.39, 0.29) is 5.91 Å². The number of aromatic nitrogens is 2. The molecule has 0 fully saturated rings. The Balaban J connectivity index is 1.72. The molecule has 2 heterocycles. The summed E-state index contributed by atoms with van der Waals surface area (Å²) in [6.45, 7) is 3.95. The van der Waals surface area contributed by atoms with Crippen molar-refractivity contribution < 1.29 is 4.79 Å². The number of carbonyl (C=O) groups is 1. The molecule has 0 spiro atoms. The Morgan fingerprint density at radius 2 is 2.00 bits per heavy atom. The fourth-order valence-electron chi connectivity index (χ4n) is 2.73. The van der Waals surface area contributed by atoms with Gasteiger partial charge in [-0.25, -0.2) is 0 Å².